The minimum Gasteiger partial charge on any atom is -0.189 e. The molecule has 0 fully saturated rings. The van der Waals surface area contributed by atoms with Gasteiger partial charge in [0.05, 0.1) is 4.49 Å². The lowest BCUT2D eigenvalue weighted by molar-refractivity contribution is 0.507. The minimum absolute atomic E-state index is 0.111. The Morgan fingerprint density at radius 3 is 1.22 bits per heavy atom. The van der Waals surface area contributed by atoms with Crippen molar-refractivity contribution in [2.24, 2.45) is 0 Å². The van der Waals surface area contributed by atoms with Gasteiger partial charge in [0.15, 0.2) is 0 Å². The molecule has 0 nitrogen and oxygen atoms in total. The second-order valence-electron chi connectivity index (χ2n) is 0.767. The van der Waals surface area contributed by atoms with Crippen LogP contribution in [0.3, 0.4) is 0 Å². The fraction of sp³-hybridized carbons (Fsp3) is 0.333. The van der Waals surface area contributed by atoms with Gasteiger partial charge in [-0.15, -0.1) is 0 Å². The maximum absolute atomic E-state index is 11.0. The summed E-state index contributed by atoms with van der Waals surface area (Å²) in [4.78, 5) is 0. The van der Waals surface area contributed by atoms with E-state index in [1.54, 1.807) is 0 Å². The molecule has 0 amide bonds. The SMILES string of the molecule is C=C(Cl)Cl.FC(Cl)(Cl)Cl. The maximum atomic E-state index is 11.0. The van der Waals surface area contributed by atoms with Gasteiger partial charge in [-0.2, -0.15) is 4.39 Å². The fourth-order valence-corrected chi connectivity index (χ4v) is 0. The van der Waals surface area contributed by atoms with Gasteiger partial charge in [0.1, 0.15) is 0 Å². The van der Waals surface area contributed by atoms with Crippen LogP contribution in [0.2, 0.25) is 0 Å². The second-order valence-corrected chi connectivity index (χ2v) is 4.02. The van der Waals surface area contributed by atoms with Crippen molar-refractivity contribution in [2.45, 2.75) is 4.05 Å². The Morgan fingerprint density at radius 1 is 1.22 bits per heavy atom. The Labute approximate surface area is 77.5 Å². The molecule has 0 saturated heterocycles. The first-order valence-corrected chi connectivity index (χ1v) is 3.38. The summed E-state index contributed by atoms with van der Waals surface area (Å²) in [7, 11) is 0. The van der Waals surface area contributed by atoms with E-state index in [1.165, 1.54) is 0 Å². The first-order chi connectivity index (χ1) is 3.73. The van der Waals surface area contributed by atoms with Gasteiger partial charge in [-0.1, -0.05) is 29.8 Å². The predicted molar refractivity (Wildman–Crippen MR) is 42.2 cm³/mol. The minimum atomic E-state index is -2.58. The topological polar surface area (TPSA) is 0 Å². The Morgan fingerprint density at radius 2 is 1.22 bits per heavy atom. The quantitative estimate of drug-likeness (QED) is 0.550. The van der Waals surface area contributed by atoms with Crippen molar-refractivity contribution in [2.75, 3.05) is 0 Å². The highest BCUT2D eigenvalue weighted by molar-refractivity contribution is 6.66. The molecule has 0 aromatic carbocycles. The zero-order chi connectivity index (χ0) is 8.08. The van der Waals surface area contributed by atoms with Crippen LogP contribution in [-0.2, 0) is 0 Å². The van der Waals surface area contributed by atoms with E-state index in [4.69, 9.17) is 23.2 Å². The zero-order valence-corrected chi connectivity index (χ0v) is 7.75. The molecule has 9 heavy (non-hydrogen) atoms. The molecule has 0 aliphatic carbocycles. The number of hydrogen-bond donors (Lipinski definition) is 0. The summed E-state index contributed by atoms with van der Waals surface area (Å²) in [5.74, 6) is 0. The summed E-state index contributed by atoms with van der Waals surface area (Å²) >= 11 is 22.9. The van der Waals surface area contributed by atoms with E-state index in [2.05, 4.69) is 41.4 Å². The van der Waals surface area contributed by atoms with Crippen molar-refractivity contribution >= 4 is 58.0 Å². The van der Waals surface area contributed by atoms with Crippen molar-refractivity contribution < 1.29 is 4.39 Å². The van der Waals surface area contributed by atoms with Gasteiger partial charge in [-0.3, -0.25) is 0 Å². The van der Waals surface area contributed by atoms with Crippen molar-refractivity contribution in [1.29, 1.82) is 0 Å². The molecule has 56 valence electrons. The third-order valence-corrected chi connectivity index (χ3v) is 0. The number of halogens is 6. The molecule has 0 rings (SSSR count). The first kappa shape index (κ1) is 12.8. The van der Waals surface area contributed by atoms with Crippen LogP contribution in [0.1, 0.15) is 0 Å². The summed E-state index contributed by atoms with van der Waals surface area (Å²) in [5.41, 5.74) is 0. The van der Waals surface area contributed by atoms with E-state index in [-0.39, 0.29) is 4.49 Å². The van der Waals surface area contributed by atoms with Gasteiger partial charge in [-0.25, -0.2) is 0 Å². The molecule has 0 aromatic heterocycles. The van der Waals surface area contributed by atoms with Crippen LogP contribution in [-0.4, -0.2) is 4.05 Å². The maximum Gasteiger partial charge on any atom is 0.333 e. The molecule has 0 unspecified atom stereocenters. The van der Waals surface area contributed by atoms with E-state index >= 15 is 0 Å². The average Bonchev–Trinajstić information content (AvgIpc) is 1.19. The van der Waals surface area contributed by atoms with Crippen molar-refractivity contribution in [3.05, 3.63) is 11.1 Å². The average molecular weight is 234 g/mol. The molecule has 0 spiro atoms. The molecule has 0 heterocycles. The van der Waals surface area contributed by atoms with Gasteiger partial charge in [0, 0.05) is 0 Å². The summed E-state index contributed by atoms with van der Waals surface area (Å²) < 4.78 is 8.51. The molecule has 0 atom stereocenters. The number of alkyl halides is 4. The lowest BCUT2D eigenvalue weighted by Crippen LogP contribution is -1.83. The van der Waals surface area contributed by atoms with E-state index in [0.29, 0.717) is 0 Å². The second kappa shape index (κ2) is 5.87. The lowest BCUT2D eigenvalue weighted by atomic mass is 11.3. The van der Waals surface area contributed by atoms with Crippen LogP contribution >= 0.6 is 58.0 Å². The molecule has 0 bridgehead atoms. The van der Waals surface area contributed by atoms with E-state index in [1.807, 2.05) is 0 Å². The number of rotatable bonds is 0. The van der Waals surface area contributed by atoms with Gasteiger partial charge < -0.3 is 0 Å². The van der Waals surface area contributed by atoms with Crippen LogP contribution in [0.5, 0.6) is 0 Å². The molecular weight excluding hydrogens is 232 g/mol. The first-order valence-electron chi connectivity index (χ1n) is 1.49. The standard InChI is InChI=1S/C2H2Cl2.CCl3F/c1-2(3)4;2-1(3,4)5/h1H2;. The van der Waals surface area contributed by atoms with Gasteiger partial charge >= 0.3 is 4.05 Å². The molecule has 6 heteroatoms. The molecular formula is C3H2Cl5F. The largest absolute Gasteiger partial charge is 0.333 e. The lowest BCUT2D eigenvalue weighted by Gasteiger charge is -1.89. The van der Waals surface area contributed by atoms with Gasteiger partial charge in [-0.05, 0) is 34.8 Å². The normalized spacial score (nSPS) is 9.56. The third-order valence-electron chi connectivity index (χ3n) is 0. The summed E-state index contributed by atoms with van der Waals surface area (Å²) in [5, 5.41) is 0. The van der Waals surface area contributed by atoms with Crippen LogP contribution in [0.25, 0.3) is 0 Å². The summed E-state index contributed by atoms with van der Waals surface area (Å²) in [6.07, 6.45) is 0. The Hall–Kier alpha value is 1.12. The Kier molecular flexibility index (Phi) is 8.33. The van der Waals surface area contributed by atoms with Crippen LogP contribution < -0.4 is 0 Å². The van der Waals surface area contributed by atoms with E-state index in [0.717, 1.165) is 0 Å². The zero-order valence-electron chi connectivity index (χ0n) is 3.97. The highest BCUT2D eigenvalue weighted by Gasteiger charge is 2.14. The highest BCUT2D eigenvalue weighted by Crippen LogP contribution is 2.26. The molecule has 0 saturated carbocycles. The van der Waals surface area contributed by atoms with E-state index in [9.17, 15) is 4.39 Å². The van der Waals surface area contributed by atoms with Crippen molar-refractivity contribution in [3.8, 4) is 0 Å². The molecule has 0 aromatic rings. The van der Waals surface area contributed by atoms with Crippen molar-refractivity contribution in [1.82, 2.24) is 0 Å². The smallest absolute Gasteiger partial charge is 0.189 e. The highest BCUT2D eigenvalue weighted by atomic mass is 35.6. The Balaban J connectivity index is 0. The monoisotopic (exact) mass is 232 g/mol. The molecule has 0 radical (unpaired) electrons. The predicted octanol–water partition coefficient (Wildman–Crippen LogP) is 4.22. The molecule has 0 aliphatic rings. The summed E-state index contributed by atoms with van der Waals surface area (Å²) in [6, 6.07) is 0. The van der Waals surface area contributed by atoms with Gasteiger partial charge in [0.2, 0.25) is 0 Å². The van der Waals surface area contributed by atoms with Gasteiger partial charge in [0.25, 0.3) is 0 Å². The Bertz CT molecular complexity index is 74.7. The van der Waals surface area contributed by atoms with Crippen LogP contribution in [0, 0.1) is 0 Å². The summed E-state index contributed by atoms with van der Waals surface area (Å²) in [6.45, 7) is 3.09. The van der Waals surface area contributed by atoms with Crippen LogP contribution in [0.15, 0.2) is 11.1 Å². The van der Waals surface area contributed by atoms with Crippen LogP contribution in [0.4, 0.5) is 4.39 Å². The molecule has 0 N–H and O–H groups in total. The van der Waals surface area contributed by atoms with Crippen molar-refractivity contribution in [3.63, 3.8) is 0 Å². The third kappa shape index (κ3) is 369. The van der Waals surface area contributed by atoms with E-state index < -0.39 is 4.05 Å². The molecule has 0 aliphatic heterocycles. The number of hydrogen-bond acceptors (Lipinski definition) is 0. The fourth-order valence-electron chi connectivity index (χ4n) is 0.